The van der Waals surface area contributed by atoms with Crippen molar-refractivity contribution in [1.82, 2.24) is 0 Å². The molecule has 5 heteroatoms. The molecule has 104 valence electrons. The van der Waals surface area contributed by atoms with Crippen LogP contribution in [-0.4, -0.2) is 12.5 Å². The molecule has 0 spiro atoms. The number of amides is 1. The minimum atomic E-state index is -0.271. The number of hydrogen-bond donors (Lipinski definition) is 1. The maximum Gasteiger partial charge on any atom is 0.262 e. The number of aryl methyl sites for hydroxylation is 1. The highest BCUT2D eigenvalue weighted by Gasteiger charge is 2.07. The molecule has 20 heavy (non-hydrogen) atoms. The Hall–Kier alpha value is -1.71. The molecule has 0 heterocycles. The van der Waals surface area contributed by atoms with Gasteiger partial charge in [0.2, 0.25) is 0 Å². The van der Waals surface area contributed by atoms with Gasteiger partial charge in [0, 0.05) is 5.02 Å². The Morgan fingerprint density at radius 2 is 1.95 bits per heavy atom. The Morgan fingerprint density at radius 3 is 2.65 bits per heavy atom. The van der Waals surface area contributed by atoms with Crippen molar-refractivity contribution in [2.75, 3.05) is 11.9 Å². The van der Waals surface area contributed by atoms with E-state index in [-0.39, 0.29) is 12.5 Å². The normalized spacial score (nSPS) is 10.2. The molecule has 3 nitrogen and oxygen atoms in total. The second kappa shape index (κ2) is 6.64. The van der Waals surface area contributed by atoms with Crippen molar-refractivity contribution in [2.45, 2.75) is 6.92 Å². The summed E-state index contributed by atoms with van der Waals surface area (Å²) in [5.74, 6) is 0.358. The van der Waals surface area contributed by atoms with E-state index in [1.807, 2.05) is 6.92 Å². The van der Waals surface area contributed by atoms with E-state index >= 15 is 0 Å². The molecular weight excluding hydrogens is 297 g/mol. The SMILES string of the molecule is Cc1cc(Cl)ccc1OCC(=O)Nc1ccccc1Cl. The number of benzene rings is 2. The van der Waals surface area contributed by atoms with Gasteiger partial charge < -0.3 is 10.1 Å². The molecule has 0 aromatic heterocycles. The van der Waals surface area contributed by atoms with Gasteiger partial charge >= 0.3 is 0 Å². The summed E-state index contributed by atoms with van der Waals surface area (Å²) in [7, 11) is 0. The summed E-state index contributed by atoms with van der Waals surface area (Å²) in [6, 6.07) is 12.3. The van der Waals surface area contributed by atoms with Crippen LogP contribution in [0.25, 0.3) is 0 Å². The average molecular weight is 310 g/mol. The van der Waals surface area contributed by atoms with Gasteiger partial charge in [-0.2, -0.15) is 0 Å². The highest BCUT2D eigenvalue weighted by Crippen LogP contribution is 2.22. The molecule has 0 radical (unpaired) electrons. The third-order valence-corrected chi connectivity index (χ3v) is 3.21. The summed E-state index contributed by atoms with van der Waals surface area (Å²) in [6.07, 6.45) is 0. The largest absolute Gasteiger partial charge is 0.483 e. The van der Waals surface area contributed by atoms with E-state index in [1.165, 1.54) is 0 Å². The molecule has 0 saturated carbocycles. The van der Waals surface area contributed by atoms with Crippen molar-refractivity contribution >= 4 is 34.8 Å². The quantitative estimate of drug-likeness (QED) is 0.913. The fraction of sp³-hybridized carbons (Fsp3) is 0.133. The number of ether oxygens (including phenoxy) is 1. The van der Waals surface area contributed by atoms with Gasteiger partial charge in [0.25, 0.3) is 5.91 Å². The Balaban J connectivity index is 1.94. The predicted molar refractivity (Wildman–Crippen MR) is 81.8 cm³/mol. The molecule has 0 unspecified atom stereocenters. The minimum absolute atomic E-state index is 0.0896. The number of halogens is 2. The zero-order chi connectivity index (χ0) is 14.5. The van der Waals surface area contributed by atoms with Crippen molar-refractivity contribution in [3.63, 3.8) is 0 Å². The number of anilines is 1. The van der Waals surface area contributed by atoms with Gasteiger partial charge in [-0.3, -0.25) is 4.79 Å². The van der Waals surface area contributed by atoms with Gasteiger partial charge in [0.15, 0.2) is 6.61 Å². The first-order valence-electron chi connectivity index (χ1n) is 5.99. The van der Waals surface area contributed by atoms with E-state index in [4.69, 9.17) is 27.9 Å². The second-order valence-electron chi connectivity index (χ2n) is 4.23. The maximum atomic E-state index is 11.8. The van der Waals surface area contributed by atoms with Crippen molar-refractivity contribution in [1.29, 1.82) is 0 Å². The van der Waals surface area contributed by atoms with Crippen molar-refractivity contribution < 1.29 is 9.53 Å². The highest BCUT2D eigenvalue weighted by atomic mass is 35.5. The first-order valence-corrected chi connectivity index (χ1v) is 6.75. The number of rotatable bonds is 4. The lowest BCUT2D eigenvalue weighted by Gasteiger charge is -2.10. The van der Waals surface area contributed by atoms with Crippen LogP contribution in [0.3, 0.4) is 0 Å². The monoisotopic (exact) mass is 309 g/mol. The number of para-hydroxylation sites is 1. The molecule has 2 aromatic carbocycles. The lowest BCUT2D eigenvalue weighted by Crippen LogP contribution is -2.20. The zero-order valence-corrected chi connectivity index (χ0v) is 12.3. The van der Waals surface area contributed by atoms with Crippen LogP contribution >= 0.6 is 23.2 Å². The van der Waals surface area contributed by atoms with Crippen LogP contribution in [-0.2, 0) is 4.79 Å². The van der Waals surface area contributed by atoms with Crippen LogP contribution in [0.15, 0.2) is 42.5 Å². The van der Waals surface area contributed by atoms with Crippen LogP contribution in [0.5, 0.6) is 5.75 Å². The molecule has 0 aliphatic rings. The summed E-state index contributed by atoms with van der Waals surface area (Å²) >= 11 is 11.8. The molecule has 2 aromatic rings. The van der Waals surface area contributed by atoms with Gasteiger partial charge in [0.05, 0.1) is 10.7 Å². The topological polar surface area (TPSA) is 38.3 Å². The molecule has 1 N–H and O–H groups in total. The van der Waals surface area contributed by atoms with Gasteiger partial charge in [0.1, 0.15) is 5.75 Å². The standard InChI is InChI=1S/C15H13Cl2NO2/c1-10-8-11(16)6-7-14(10)20-9-15(19)18-13-5-3-2-4-12(13)17/h2-8H,9H2,1H3,(H,18,19). The van der Waals surface area contributed by atoms with E-state index in [0.29, 0.717) is 21.5 Å². The second-order valence-corrected chi connectivity index (χ2v) is 5.07. The third kappa shape index (κ3) is 3.89. The molecular formula is C15H13Cl2NO2. The fourth-order valence-corrected chi connectivity index (χ4v) is 2.08. The summed E-state index contributed by atoms with van der Waals surface area (Å²) < 4.78 is 5.45. The molecule has 0 fully saturated rings. The minimum Gasteiger partial charge on any atom is -0.483 e. The van der Waals surface area contributed by atoms with E-state index in [0.717, 1.165) is 5.56 Å². The van der Waals surface area contributed by atoms with Crippen molar-refractivity contribution in [3.05, 3.63) is 58.1 Å². The fourth-order valence-electron chi connectivity index (χ4n) is 1.67. The van der Waals surface area contributed by atoms with Gasteiger partial charge in [-0.15, -0.1) is 0 Å². The van der Waals surface area contributed by atoms with Gasteiger partial charge in [-0.1, -0.05) is 35.3 Å². The Morgan fingerprint density at radius 1 is 1.20 bits per heavy atom. The van der Waals surface area contributed by atoms with Crippen LogP contribution in [0.4, 0.5) is 5.69 Å². The van der Waals surface area contributed by atoms with Crippen LogP contribution < -0.4 is 10.1 Å². The summed E-state index contributed by atoms with van der Waals surface area (Å²) in [4.78, 5) is 11.8. The van der Waals surface area contributed by atoms with E-state index in [9.17, 15) is 4.79 Å². The molecule has 0 saturated heterocycles. The third-order valence-electron chi connectivity index (χ3n) is 2.64. The van der Waals surface area contributed by atoms with E-state index < -0.39 is 0 Å². The molecule has 0 bridgehead atoms. The smallest absolute Gasteiger partial charge is 0.262 e. The molecule has 1 amide bonds. The highest BCUT2D eigenvalue weighted by molar-refractivity contribution is 6.33. The Labute approximate surface area is 127 Å². The number of carbonyl (C=O) groups is 1. The lowest BCUT2D eigenvalue weighted by molar-refractivity contribution is -0.118. The van der Waals surface area contributed by atoms with Crippen molar-refractivity contribution in [2.24, 2.45) is 0 Å². The molecule has 2 rings (SSSR count). The first-order chi connectivity index (χ1) is 9.56. The summed E-state index contributed by atoms with van der Waals surface area (Å²) in [5, 5.41) is 3.81. The molecule has 0 aliphatic carbocycles. The summed E-state index contributed by atoms with van der Waals surface area (Å²) in [6.45, 7) is 1.78. The zero-order valence-electron chi connectivity index (χ0n) is 10.8. The average Bonchev–Trinajstić information content (AvgIpc) is 2.40. The van der Waals surface area contributed by atoms with Crippen LogP contribution in [0.1, 0.15) is 5.56 Å². The first kappa shape index (κ1) is 14.7. The van der Waals surface area contributed by atoms with E-state index in [2.05, 4.69) is 5.32 Å². The lowest BCUT2D eigenvalue weighted by atomic mass is 10.2. The van der Waals surface area contributed by atoms with Crippen LogP contribution in [0, 0.1) is 6.92 Å². The summed E-state index contributed by atoms with van der Waals surface area (Å²) in [5.41, 5.74) is 1.44. The van der Waals surface area contributed by atoms with Gasteiger partial charge in [-0.05, 0) is 42.8 Å². The molecule has 0 aliphatic heterocycles. The number of nitrogens with one attached hydrogen (secondary N) is 1. The Kier molecular flexibility index (Phi) is 4.88. The van der Waals surface area contributed by atoms with Crippen LogP contribution in [0.2, 0.25) is 10.0 Å². The van der Waals surface area contributed by atoms with Crippen molar-refractivity contribution in [3.8, 4) is 5.75 Å². The maximum absolute atomic E-state index is 11.8. The van der Waals surface area contributed by atoms with Gasteiger partial charge in [-0.25, -0.2) is 0 Å². The van der Waals surface area contributed by atoms with E-state index in [1.54, 1.807) is 42.5 Å². The Bertz CT molecular complexity index is 629. The number of hydrogen-bond acceptors (Lipinski definition) is 2. The molecule has 0 atom stereocenters. The number of carbonyl (C=O) groups excluding carboxylic acids is 1. The predicted octanol–water partition coefficient (Wildman–Crippen LogP) is 4.32.